The molecule has 0 fully saturated rings. The first-order valence-corrected chi connectivity index (χ1v) is 15.1. The number of hydrogen-bond donors (Lipinski definition) is 0. The molecule has 2 aliphatic heterocycles. The number of nitrogens with zero attached hydrogens (tertiary/aromatic N) is 2. The molecule has 3 heterocycles. The molecule has 8 nitrogen and oxygen atoms in total. The highest BCUT2D eigenvalue weighted by Gasteiger charge is 2.34. The van der Waals surface area contributed by atoms with Crippen molar-refractivity contribution in [1.29, 1.82) is 0 Å². The molecule has 0 unspecified atom stereocenters. The lowest BCUT2D eigenvalue weighted by Crippen LogP contribution is -2.39. The number of ether oxygens (including phenoxy) is 4. The zero-order valence-corrected chi connectivity index (χ0v) is 24.9. The molecule has 0 spiro atoms. The summed E-state index contributed by atoms with van der Waals surface area (Å²) in [5.41, 5.74) is 3.23. The molecular weight excluding hydrogens is 576 g/mol. The fourth-order valence-electron chi connectivity index (χ4n) is 5.58. The number of fused-ring (bicyclic) bond motifs is 3. The summed E-state index contributed by atoms with van der Waals surface area (Å²) in [4.78, 5) is 32.2. The first-order chi connectivity index (χ1) is 21.5. The summed E-state index contributed by atoms with van der Waals surface area (Å²) in [6, 6.07) is 26.8. The normalized spacial score (nSPS) is 15.7. The van der Waals surface area contributed by atoms with Crippen LogP contribution in [0.25, 0.3) is 16.8 Å². The monoisotopic (exact) mass is 604 g/mol. The number of esters is 1. The van der Waals surface area contributed by atoms with Gasteiger partial charge in [0, 0.05) is 0 Å². The van der Waals surface area contributed by atoms with Crippen LogP contribution in [0.2, 0.25) is 0 Å². The van der Waals surface area contributed by atoms with E-state index >= 15 is 0 Å². The molecule has 1 aromatic heterocycles. The van der Waals surface area contributed by atoms with Crippen molar-refractivity contribution < 1.29 is 23.7 Å². The van der Waals surface area contributed by atoms with Gasteiger partial charge in [-0.3, -0.25) is 9.36 Å². The molecule has 2 aliphatic rings. The van der Waals surface area contributed by atoms with Gasteiger partial charge in [0.05, 0.1) is 28.5 Å². The van der Waals surface area contributed by atoms with Crippen LogP contribution in [0, 0.1) is 0 Å². The standard InChI is InChI=1S/C35H28N2O6S/c1-3-40-34(39)31-21(2)36-35-37(32(31)24-13-16-28-29(18-24)43-20-42-28)33(38)30(44-35)17-22-11-14-26(15-12-22)41-19-25-9-6-8-23-7-4-5-10-27(23)25/h4-18,32H,3,19-20H2,1-2H3/b30-17-/t32-/m1/s1. The summed E-state index contributed by atoms with van der Waals surface area (Å²) >= 11 is 1.28. The number of thiazole rings is 1. The fraction of sp³-hybridized carbons (Fsp3) is 0.171. The number of carbonyl (C=O) groups excluding carboxylic acids is 1. The molecule has 9 heteroatoms. The van der Waals surface area contributed by atoms with Crippen molar-refractivity contribution in [3.63, 3.8) is 0 Å². The fourth-order valence-corrected chi connectivity index (χ4v) is 6.63. The topological polar surface area (TPSA) is 88.4 Å². The van der Waals surface area contributed by atoms with Gasteiger partial charge in [-0.15, -0.1) is 0 Å². The third kappa shape index (κ3) is 5.05. The minimum absolute atomic E-state index is 0.119. The first kappa shape index (κ1) is 27.7. The van der Waals surface area contributed by atoms with Crippen LogP contribution in [0.4, 0.5) is 0 Å². The predicted molar refractivity (Wildman–Crippen MR) is 168 cm³/mol. The molecule has 0 radical (unpaired) electrons. The second kappa shape index (κ2) is 11.5. The van der Waals surface area contributed by atoms with Gasteiger partial charge in [0.15, 0.2) is 16.3 Å². The Balaban J connectivity index is 1.21. The molecule has 0 amide bonds. The highest BCUT2D eigenvalue weighted by Crippen LogP contribution is 2.38. The number of aromatic nitrogens is 1. The van der Waals surface area contributed by atoms with E-state index in [1.54, 1.807) is 30.5 Å². The van der Waals surface area contributed by atoms with Crippen molar-refractivity contribution in [2.24, 2.45) is 4.99 Å². The Morgan fingerprint density at radius 2 is 1.82 bits per heavy atom. The Bertz CT molecular complexity index is 2120. The molecule has 0 N–H and O–H groups in total. The first-order valence-electron chi connectivity index (χ1n) is 14.3. The quantitative estimate of drug-likeness (QED) is 0.236. The van der Waals surface area contributed by atoms with E-state index in [4.69, 9.17) is 18.9 Å². The van der Waals surface area contributed by atoms with Gasteiger partial charge in [-0.1, -0.05) is 72.0 Å². The molecule has 5 aromatic rings. The van der Waals surface area contributed by atoms with Gasteiger partial charge >= 0.3 is 5.97 Å². The summed E-state index contributed by atoms with van der Waals surface area (Å²) in [7, 11) is 0. The van der Waals surface area contributed by atoms with Gasteiger partial charge in [-0.2, -0.15) is 0 Å². The third-order valence-corrected chi connectivity index (χ3v) is 8.66. The lowest BCUT2D eigenvalue weighted by molar-refractivity contribution is -0.139. The van der Waals surface area contributed by atoms with Crippen LogP contribution in [-0.4, -0.2) is 23.9 Å². The molecule has 4 aromatic carbocycles. The van der Waals surface area contributed by atoms with Crippen molar-refractivity contribution >= 4 is 34.2 Å². The Kier molecular flexibility index (Phi) is 7.23. The van der Waals surface area contributed by atoms with Crippen LogP contribution in [0.3, 0.4) is 0 Å². The molecule has 1 atom stereocenters. The van der Waals surface area contributed by atoms with E-state index in [-0.39, 0.29) is 19.0 Å². The summed E-state index contributed by atoms with van der Waals surface area (Å²) < 4.78 is 24.6. The maximum atomic E-state index is 13.9. The van der Waals surface area contributed by atoms with Crippen LogP contribution in [-0.2, 0) is 16.1 Å². The van der Waals surface area contributed by atoms with E-state index in [1.807, 2.05) is 54.6 Å². The largest absolute Gasteiger partial charge is 0.489 e. The maximum Gasteiger partial charge on any atom is 0.338 e. The zero-order valence-electron chi connectivity index (χ0n) is 24.1. The van der Waals surface area contributed by atoms with Crippen LogP contribution in [0.15, 0.2) is 106 Å². The van der Waals surface area contributed by atoms with Gasteiger partial charge in [-0.05, 0) is 71.7 Å². The van der Waals surface area contributed by atoms with Crippen molar-refractivity contribution in [2.45, 2.75) is 26.5 Å². The van der Waals surface area contributed by atoms with Crippen molar-refractivity contribution in [1.82, 2.24) is 4.57 Å². The second-order valence-corrected chi connectivity index (χ2v) is 11.4. The number of benzene rings is 4. The van der Waals surface area contributed by atoms with E-state index in [0.717, 1.165) is 16.9 Å². The number of carbonyl (C=O) groups is 1. The van der Waals surface area contributed by atoms with E-state index in [1.165, 1.54) is 22.1 Å². The minimum atomic E-state index is -0.730. The lowest BCUT2D eigenvalue weighted by Gasteiger charge is -2.24. The van der Waals surface area contributed by atoms with E-state index < -0.39 is 12.0 Å². The summed E-state index contributed by atoms with van der Waals surface area (Å²) in [6.07, 6.45) is 1.83. The number of allylic oxidation sites excluding steroid dienone is 1. The molecule has 0 aliphatic carbocycles. The molecule has 44 heavy (non-hydrogen) atoms. The van der Waals surface area contributed by atoms with Crippen LogP contribution >= 0.6 is 11.3 Å². The van der Waals surface area contributed by atoms with Gasteiger partial charge in [0.25, 0.3) is 5.56 Å². The Morgan fingerprint density at radius 1 is 1.02 bits per heavy atom. The number of rotatable bonds is 7. The Labute approximate surface area is 256 Å². The molecular formula is C35H28N2O6S. The molecule has 0 saturated heterocycles. The Morgan fingerprint density at radius 3 is 2.66 bits per heavy atom. The Hall–Kier alpha value is -5.15. The van der Waals surface area contributed by atoms with Crippen LogP contribution in [0.5, 0.6) is 17.2 Å². The van der Waals surface area contributed by atoms with Crippen molar-refractivity contribution in [2.75, 3.05) is 13.4 Å². The highest BCUT2D eigenvalue weighted by molar-refractivity contribution is 7.07. The van der Waals surface area contributed by atoms with Gasteiger partial charge in [0.1, 0.15) is 12.4 Å². The maximum absolute atomic E-state index is 13.9. The average molecular weight is 605 g/mol. The average Bonchev–Trinajstić information content (AvgIpc) is 3.63. The van der Waals surface area contributed by atoms with Gasteiger partial charge < -0.3 is 18.9 Å². The van der Waals surface area contributed by atoms with Crippen molar-refractivity contribution in [3.05, 3.63) is 133 Å². The summed E-state index contributed by atoms with van der Waals surface area (Å²) in [5.74, 6) is 1.40. The van der Waals surface area contributed by atoms with Crippen LogP contribution < -0.4 is 29.1 Å². The molecule has 220 valence electrons. The van der Waals surface area contributed by atoms with Gasteiger partial charge in [0.2, 0.25) is 6.79 Å². The number of hydrogen-bond acceptors (Lipinski definition) is 8. The second-order valence-electron chi connectivity index (χ2n) is 10.4. The van der Waals surface area contributed by atoms with E-state index in [2.05, 4.69) is 29.3 Å². The highest BCUT2D eigenvalue weighted by atomic mass is 32.1. The lowest BCUT2D eigenvalue weighted by atomic mass is 9.95. The van der Waals surface area contributed by atoms with Gasteiger partial charge in [-0.25, -0.2) is 9.79 Å². The summed E-state index contributed by atoms with van der Waals surface area (Å²) in [6.45, 7) is 4.28. The van der Waals surface area contributed by atoms with E-state index in [9.17, 15) is 9.59 Å². The van der Waals surface area contributed by atoms with E-state index in [0.29, 0.717) is 44.3 Å². The van der Waals surface area contributed by atoms with Crippen LogP contribution in [0.1, 0.15) is 36.6 Å². The molecule has 0 saturated carbocycles. The predicted octanol–water partition coefficient (Wildman–Crippen LogP) is 5.26. The minimum Gasteiger partial charge on any atom is -0.489 e. The third-order valence-electron chi connectivity index (χ3n) is 7.68. The molecule has 0 bridgehead atoms. The SMILES string of the molecule is CCOC(=O)C1=C(C)N=c2s/c(=C\c3ccc(OCc4cccc5ccccc45)cc3)c(=O)n2[C@@H]1c1ccc2c(c1)OCO2. The smallest absolute Gasteiger partial charge is 0.338 e. The summed E-state index contributed by atoms with van der Waals surface area (Å²) in [5, 5.41) is 2.35. The van der Waals surface area contributed by atoms with Crippen molar-refractivity contribution in [3.8, 4) is 17.2 Å². The zero-order chi connectivity index (χ0) is 30.2. The molecule has 7 rings (SSSR count).